The van der Waals surface area contributed by atoms with E-state index in [1.807, 2.05) is 0 Å². The number of Topliss-reactive ketones (excluding diaryl/α,β-unsaturated/α-hetero) is 1. The number of hydrogen-bond acceptors (Lipinski definition) is 5. The van der Waals surface area contributed by atoms with Gasteiger partial charge in [-0.15, -0.1) is 0 Å². The van der Waals surface area contributed by atoms with E-state index in [0.29, 0.717) is 17.9 Å². The van der Waals surface area contributed by atoms with E-state index in [2.05, 4.69) is 0 Å². The van der Waals surface area contributed by atoms with E-state index in [1.54, 1.807) is 13.8 Å². The highest BCUT2D eigenvalue weighted by Gasteiger charge is 2.55. The first-order valence-corrected chi connectivity index (χ1v) is 8.90. The number of carbonyl (C=O) groups is 1. The van der Waals surface area contributed by atoms with Gasteiger partial charge in [0.05, 0.1) is 6.61 Å². The summed E-state index contributed by atoms with van der Waals surface area (Å²) < 4.78 is 12.2. The number of ketones is 1. The predicted molar refractivity (Wildman–Crippen MR) is 87.6 cm³/mol. The average molecular weight is 332 g/mol. The molecule has 5 nitrogen and oxygen atoms in total. The molecule has 2 heterocycles. The smallest absolute Gasteiger partial charge is 0.213 e. The van der Waals surface area contributed by atoms with Crippen molar-refractivity contribution in [1.82, 2.24) is 0 Å². The largest absolute Gasteiger partial charge is 0.507 e. The normalized spacial score (nSPS) is 31.1. The Morgan fingerprint density at radius 1 is 1.29 bits per heavy atom. The van der Waals surface area contributed by atoms with Crippen molar-refractivity contribution < 1.29 is 24.5 Å². The summed E-state index contributed by atoms with van der Waals surface area (Å²) in [5, 5.41) is 21.2. The molecular weight excluding hydrogens is 308 g/mol. The minimum atomic E-state index is -0.628. The van der Waals surface area contributed by atoms with E-state index in [9.17, 15) is 15.0 Å². The summed E-state index contributed by atoms with van der Waals surface area (Å²) in [5.74, 6) is -0.715. The number of phenolic OH excluding ortho intramolecular Hbond substituents is 2. The lowest BCUT2D eigenvalue weighted by atomic mass is 9.66. The van der Waals surface area contributed by atoms with Gasteiger partial charge in [0.15, 0.2) is 5.78 Å². The Labute approximate surface area is 141 Å². The molecule has 2 fully saturated rings. The molecule has 1 aliphatic carbocycles. The molecule has 3 unspecified atom stereocenters. The predicted octanol–water partition coefficient (Wildman–Crippen LogP) is 3.72. The standard InChI is InChI=1S/C19H24O5/c1-10(2)17(21)16-13(20)9-14-15(18(16)22)11-5-3-7-19(24-14)12(11)6-4-8-23-19/h9-12,20,22H,3-8H2,1-2H3. The zero-order chi connectivity index (χ0) is 17.1. The van der Waals surface area contributed by atoms with Gasteiger partial charge in [-0.3, -0.25) is 4.79 Å². The fourth-order valence-electron chi connectivity index (χ4n) is 4.72. The third kappa shape index (κ3) is 2.07. The summed E-state index contributed by atoms with van der Waals surface area (Å²) in [6, 6.07) is 1.49. The molecule has 3 atom stereocenters. The van der Waals surface area contributed by atoms with E-state index in [0.717, 1.165) is 32.1 Å². The molecule has 1 aromatic carbocycles. The van der Waals surface area contributed by atoms with Crippen molar-refractivity contribution in [3.63, 3.8) is 0 Å². The van der Waals surface area contributed by atoms with E-state index in [4.69, 9.17) is 9.47 Å². The highest BCUT2D eigenvalue weighted by Crippen LogP contribution is 2.59. The third-order valence-electron chi connectivity index (χ3n) is 5.80. The van der Waals surface area contributed by atoms with Crippen molar-refractivity contribution in [2.75, 3.05) is 6.61 Å². The third-order valence-corrected chi connectivity index (χ3v) is 5.80. The zero-order valence-electron chi connectivity index (χ0n) is 14.2. The molecule has 0 aromatic heterocycles. The van der Waals surface area contributed by atoms with Crippen molar-refractivity contribution in [2.24, 2.45) is 11.8 Å². The van der Waals surface area contributed by atoms with Crippen LogP contribution in [0.2, 0.25) is 0 Å². The summed E-state index contributed by atoms with van der Waals surface area (Å²) in [4.78, 5) is 12.4. The minimum absolute atomic E-state index is 0.0298. The van der Waals surface area contributed by atoms with Gasteiger partial charge in [0.25, 0.3) is 0 Å². The number of phenols is 2. The molecule has 2 bridgehead atoms. The van der Waals surface area contributed by atoms with E-state index in [1.165, 1.54) is 6.07 Å². The number of rotatable bonds is 2. The van der Waals surface area contributed by atoms with E-state index < -0.39 is 5.79 Å². The van der Waals surface area contributed by atoms with Crippen molar-refractivity contribution >= 4 is 5.78 Å². The number of benzene rings is 1. The number of ether oxygens (including phenoxy) is 2. The molecule has 1 saturated heterocycles. The molecule has 0 amide bonds. The number of fused-ring (bicyclic) bond motifs is 2. The monoisotopic (exact) mass is 332 g/mol. The van der Waals surface area contributed by atoms with Gasteiger partial charge in [-0.1, -0.05) is 13.8 Å². The molecule has 4 rings (SSSR count). The lowest BCUT2D eigenvalue weighted by molar-refractivity contribution is -0.266. The van der Waals surface area contributed by atoms with Gasteiger partial charge in [0.1, 0.15) is 22.8 Å². The number of hydrogen-bond donors (Lipinski definition) is 2. The summed E-state index contributed by atoms with van der Waals surface area (Å²) in [5.41, 5.74) is 0.713. The van der Waals surface area contributed by atoms with Gasteiger partial charge in [-0.25, -0.2) is 0 Å². The van der Waals surface area contributed by atoms with Gasteiger partial charge in [-0.2, -0.15) is 0 Å². The Kier molecular flexibility index (Phi) is 3.53. The number of carbonyl (C=O) groups excluding carboxylic acids is 1. The van der Waals surface area contributed by atoms with Crippen LogP contribution < -0.4 is 4.74 Å². The first-order valence-electron chi connectivity index (χ1n) is 8.90. The molecule has 130 valence electrons. The van der Waals surface area contributed by atoms with Crippen LogP contribution in [0.1, 0.15) is 67.8 Å². The van der Waals surface area contributed by atoms with E-state index in [-0.39, 0.29) is 40.6 Å². The first-order chi connectivity index (χ1) is 11.4. The molecule has 0 radical (unpaired) electrons. The SMILES string of the molecule is CC(C)C(=O)c1c(O)cc2c(c1O)C1CCCC3(OCCCC13)O2. The second-order valence-electron chi connectivity index (χ2n) is 7.56. The van der Waals surface area contributed by atoms with Crippen LogP contribution in [0, 0.1) is 11.8 Å². The average Bonchev–Trinajstić information content (AvgIpc) is 2.53. The zero-order valence-corrected chi connectivity index (χ0v) is 14.2. The van der Waals surface area contributed by atoms with Crippen LogP contribution in [0.4, 0.5) is 0 Å². The molecule has 24 heavy (non-hydrogen) atoms. The molecule has 1 aromatic rings. The van der Waals surface area contributed by atoms with Gasteiger partial charge < -0.3 is 19.7 Å². The van der Waals surface area contributed by atoms with Crippen LogP contribution in [-0.4, -0.2) is 28.4 Å². The Hall–Kier alpha value is -1.75. The Bertz CT molecular complexity index is 691. The fourth-order valence-corrected chi connectivity index (χ4v) is 4.72. The molecule has 0 spiro atoms. The fraction of sp³-hybridized carbons (Fsp3) is 0.632. The van der Waals surface area contributed by atoms with Crippen molar-refractivity contribution in [1.29, 1.82) is 0 Å². The minimum Gasteiger partial charge on any atom is -0.507 e. The second kappa shape index (κ2) is 5.38. The Morgan fingerprint density at radius 3 is 2.83 bits per heavy atom. The summed E-state index contributed by atoms with van der Waals surface area (Å²) in [7, 11) is 0. The molecular formula is C19H24O5. The maximum absolute atomic E-state index is 12.4. The molecule has 2 N–H and O–H groups in total. The Balaban J connectivity index is 1.88. The highest BCUT2D eigenvalue weighted by molar-refractivity contribution is 6.03. The quantitative estimate of drug-likeness (QED) is 0.807. The van der Waals surface area contributed by atoms with Crippen LogP contribution in [0.3, 0.4) is 0 Å². The van der Waals surface area contributed by atoms with Gasteiger partial charge in [0, 0.05) is 35.8 Å². The van der Waals surface area contributed by atoms with Crippen LogP contribution >= 0.6 is 0 Å². The topological polar surface area (TPSA) is 76.0 Å². The van der Waals surface area contributed by atoms with Crippen molar-refractivity contribution in [2.45, 2.75) is 57.7 Å². The highest BCUT2D eigenvalue weighted by atomic mass is 16.7. The van der Waals surface area contributed by atoms with Gasteiger partial charge >= 0.3 is 0 Å². The molecule has 3 aliphatic rings. The first kappa shape index (κ1) is 15.8. The second-order valence-corrected chi connectivity index (χ2v) is 7.56. The van der Waals surface area contributed by atoms with Crippen LogP contribution in [0.15, 0.2) is 6.07 Å². The van der Waals surface area contributed by atoms with Crippen LogP contribution in [0.5, 0.6) is 17.2 Å². The summed E-state index contributed by atoms with van der Waals surface area (Å²) in [6.07, 6.45) is 4.73. The number of aromatic hydroxyl groups is 2. The van der Waals surface area contributed by atoms with Crippen molar-refractivity contribution in [3.05, 3.63) is 17.2 Å². The van der Waals surface area contributed by atoms with Crippen LogP contribution in [0.25, 0.3) is 0 Å². The molecule has 1 saturated carbocycles. The van der Waals surface area contributed by atoms with E-state index >= 15 is 0 Å². The Morgan fingerprint density at radius 2 is 2.08 bits per heavy atom. The summed E-state index contributed by atoms with van der Waals surface area (Å²) in [6.45, 7) is 4.20. The summed E-state index contributed by atoms with van der Waals surface area (Å²) >= 11 is 0. The maximum atomic E-state index is 12.4. The lowest BCUT2D eigenvalue weighted by Gasteiger charge is -2.53. The molecule has 5 heteroatoms. The van der Waals surface area contributed by atoms with Crippen LogP contribution in [-0.2, 0) is 4.74 Å². The maximum Gasteiger partial charge on any atom is 0.213 e. The van der Waals surface area contributed by atoms with Gasteiger partial charge in [-0.05, 0) is 25.7 Å². The van der Waals surface area contributed by atoms with Crippen molar-refractivity contribution in [3.8, 4) is 17.2 Å². The molecule has 2 aliphatic heterocycles. The van der Waals surface area contributed by atoms with Gasteiger partial charge in [0.2, 0.25) is 5.79 Å². The lowest BCUT2D eigenvalue weighted by Crippen LogP contribution is -2.56.